The standard InChI is InChI=1S/C9H8N2S/c1-6-10-8-5-3-2-4-7(8)9(12)11-6/h2-5H,1H3,(H,10,11,12)/p-1. The molecule has 0 atom stereocenters. The maximum Gasteiger partial charge on any atom is 0.124 e. The molecule has 0 aliphatic heterocycles. The molecule has 0 saturated heterocycles. The summed E-state index contributed by atoms with van der Waals surface area (Å²) in [7, 11) is 0. The summed E-state index contributed by atoms with van der Waals surface area (Å²) < 4.78 is 0. The van der Waals surface area contributed by atoms with Crippen molar-refractivity contribution in [2.45, 2.75) is 11.9 Å². The van der Waals surface area contributed by atoms with Crippen LogP contribution in [-0.4, -0.2) is 9.97 Å². The molecule has 0 amide bonds. The number of benzene rings is 1. The highest BCUT2D eigenvalue weighted by atomic mass is 32.1. The van der Waals surface area contributed by atoms with Gasteiger partial charge in [0.2, 0.25) is 0 Å². The molecule has 12 heavy (non-hydrogen) atoms. The molecule has 0 saturated carbocycles. The minimum atomic E-state index is 0.637. The average molecular weight is 175 g/mol. The second-order valence-corrected chi connectivity index (χ2v) is 2.98. The molecule has 3 heteroatoms. The van der Waals surface area contributed by atoms with Crippen LogP contribution < -0.4 is 0 Å². The fourth-order valence-corrected chi connectivity index (χ4v) is 1.46. The Hall–Kier alpha value is -1.22. The normalized spacial score (nSPS) is 10.4. The molecule has 0 N–H and O–H groups in total. The first kappa shape index (κ1) is 7.43. The summed E-state index contributed by atoms with van der Waals surface area (Å²) in [5.41, 5.74) is 0.926. The molecular weight excluding hydrogens is 168 g/mol. The first-order chi connectivity index (χ1) is 5.77. The van der Waals surface area contributed by atoms with E-state index >= 15 is 0 Å². The van der Waals surface area contributed by atoms with Crippen LogP contribution in [0.2, 0.25) is 0 Å². The fraction of sp³-hybridized carbons (Fsp3) is 0.111. The van der Waals surface area contributed by atoms with Gasteiger partial charge in [0, 0.05) is 0 Å². The van der Waals surface area contributed by atoms with Gasteiger partial charge in [0.05, 0.1) is 5.52 Å². The average Bonchev–Trinajstić information content (AvgIpc) is 2.04. The Kier molecular flexibility index (Phi) is 1.66. The molecule has 0 spiro atoms. The topological polar surface area (TPSA) is 25.8 Å². The molecule has 60 valence electrons. The van der Waals surface area contributed by atoms with Crippen LogP contribution in [0, 0.1) is 6.92 Å². The van der Waals surface area contributed by atoms with Crippen molar-refractivity contribution in [3.8, 4) is 0 Å². The minimum absolute atomic E-state index is 0.637. The number of aryl methyl sites for hydroxylation is 1. The summed E-state index contributed by atoms with van der Waals surface area (Å²) in [5, 5.41) is 1.59. The third-order valence-corrected chi connectivity index (χ3v) is 1.99. The van der Waals surface area contributed by atoms with E-state index in [0.29, 0.717) is 5.03 Å². The van der Waals surface area contributed by atoms with Crippen molar-refractivity contribution in [3.63, 3.8) is 0 Å². The predicted octanol–water partition coefficient (Wildman–Crippen LogP) is 1.84. The van der Waals surface area contributed by atoms with E-state index in [9.17, 15) is 0 Å². The van der Waals surface area contributed by atoms with Gasteiger partial charge in [-0.2, -0.15) is 0 Å². The van der Waals surface area contributed by atoms with Crippen molar-refractivity contribution < 1.29 is 0 Å². The molecule has 1 aromatic carbocycles. The third kappa shape index (κ3) is 1.12. The van der Waals surface area contributed by atoms with Crippen molar-refractivity contribution in [1.29, 1.82) is 0 Å². The smallest absolute Gasteiger partial charge is 0.124 e. The van der Waals surface area contributed by atoms with Crippen molar-refractivity contribution in [2.24, 2.45) is 0 Å². The van der Waals surface area contributed by atoms with Crippen LogP contribution >= 0.6 is 0 Å². The van der Waals surface area contributed by atoms with Crippen molar-refractivity contribution in [3.05, 3.63) is 30.1 Å². The van der Waals surface area contributed by atoms with Crippen LogP contribution in [0.15, 0.2) is 29.3 Å². The van der Waals surface area contributed by atoms with Gasteiger partial charge in [-0.25, -0.2) is 4.98 Å². The summed E-state index contributed by atoms with van der Waals surface area (Å²) in [5.74, 6) is 0.735. The molecule has 2 nitrogen and oxygen atoms in total. The Balaban J connectivity index is 2.89. The van der Waals surface area contributed by atoms with Crippen LogP contribution in [0.25, 0.3) is 10.9 Å². The van der Waals surface area contributed by atoms with E-state index in [1.807, 2.05) is 31.2 Å². The molecule has 0 aliphatic carbocycles. The Morgan fingerprint density at radius 1 is 1.17 bits per heavy atom. The predicted molar refractivity (Wildman–Crippen MR) is 49.9 cm³/mol. The van der Waals surface area contributed by atoms with E-state index in [1.165, 1.54) is 0 Å². The van der Waals surface area contributed by atoms with E-state index in [2.05, 4.69) is 9.97 Å². The molecule has 0 unspecified atom stereocenters. The van der Waals surface area contributed by atoms with Crippen LogP contribution in [-0.2, 0) is 12.6 Å². The van der Waals surface area contributed by atoms with E-state index in [-0.39, 0.29) is 0 Å². The minimum Gasteiger partial charge on any atom is -0.759 e. The molecule has 1 aromatic heterocycles. The quantitative estimate of drug-likeness (QED) is 0.451. The van der Waals surface area contributed by atoms with Crippen molar-refractivity contribution >= 4 is 23.5 Å². The highest BCUT2D eigenvalue weighted by Crippen LogP contribution is 2.14. The molecule has 2 rings (SSSR count). The van der Waals surface area contributed by atoms with Crippen LogP contribution in [0.3, 0.4) is 0 Å². The summed E-state index contributed by atoms with van der Waals surface area (Å²) in [6, 6.07) is 7.78. The zero-order valence-corrected chi connectivity index (χ0v) is 7.43. The molecular formula is C9H7N2S-. The Bertz CT molecular complexity index is 426. The molecule has 1 heterocycles. The molecule has 0 aliphatic rings. The molecule has 0 radical (unpaired) electrons. The summed E-state index contributed by atoms with van der Waals surface area (Å²) in [6.45, 7) is 1.85. The zero-order valence-electron chi connectivity index (χ0n) is 6.61. The van der Waals surface area contributed by atoms with Crippen LogP contribution in [0.4, 0.5) is 0 Å². The molecule has 2 aromatic rings. The molecule has 0 bridgehead atoms. The highest BCUT2D eigenvalue weighted by Gasteiger charge is 1.94. The van der Waals surface area contributed by atoms with Gasteiger partial charge in [0.25, 0.3) is 0 Å². The number of rotatable bonds is 0. The first-order valence-corrected chi connectivity index (χ1v) is 4.08. The lowest BCUT2D eigenvalue weighted by atomic mass is 10.2. The zero-order chi connectivity index (χ0) is 8.55. The lowest BCUT2D eigenvalue weighted by molar-refractivity contribution is 1.01. The Morgan fingerprint density at radius 3 is 2.75 bits per heavy atom. The van der Waals surface area contributed by atoms with Gasteiger partial charge in [-0.15, -0.1) is 0 Å². The number of fused-ring (bicyclic) bond motifs is 1. The number of hydrogen-bond acceptors (Lipinski definition) is 3. The van der Waals surface area contributed by atoms with Crippen LogP contribution in [0.1, 0.15) is 5.82 Å². The maximum atomic E-state index is 5.09. The van der Waals surface area contributed by atoms with Gasteiger partial charge in [-0.1, -0.05) is 23.2 Å². The van der Waals surface area contributed by atoms with E-state index < -0.39 is 0 Å². The monoisotopic (exact) mass is 175 g/mol. The fourth-order valence-electron chi connectivity index (χ4n) is 1.16. The van der Waals surface area contributed by atoms with Gasteiger partial charge in [-0.3, -0.25) is 4.98 Å². The lowest BCUT2D eigenvalue weighted by Gasteiger charge is -2.08. The van der Waals surface area contributed by atoms with Gasteiger partial charge < -0.3 is 12.6 Å². The maximum absolute atomic E-state index is 5.09. The lowest BCUT2D eigenvalue weighted by Crippen LogP contribution is -1.91. The number of hydrogen-bond donors (Lipinski definition) is 0. The van der Waals surface area contributed by atoms with Gasteiger partial charge in [-0.05, 0) is 18.4 Å². The Labute approximate surface area is 76.1 Å². The van der Waals surface area contributed by atoms with Crippen LogP contribution in [0.5, 0.6) is 0 Å². The van der Waals surface area contributed by atoms with Gasteiger partial charge >= 0.3 is 0 Å². The SMILES string of the molecule is Cc1nc([S-])c2ccccc2n1. The second-order valence-electron chi connectivity index (χ2n) is 2.59. The van der Waals surface area contributed by atoms with Gasteiger partial charge in [0.1, 0.15) is 5.82 Å². The van der Waals surface area contributed by atoms with Gasteiger partial charge in [0.15, 0.2) is 0 Å². The third-order valence-electron chi connectivity index (χ3n) is 1.68. The van der Waals surface area contributed by atoms with Crippen molar-refractivity contribution in [2.75, 3.05) is 0 Å². The second kappa shape index (κ2) is 2.68. The van der Waals surface area contributed by atoms with E-state index in [1.54, 1.807) is 0 Å². The Morgan fingerprint density at radius 2 is 1.92 bits per heavy atom. The summed E-state index contributed by atoms with van der Waals surface area (Å²) in [4.78, 5) is 8.36. The van der Waals surface area contributed by atoms with Crippen molar-refractivity contribution in [1.82, 2.24) is 9.97 Å². The number of para-hydroxylation sites is 1. The largest absolute Gasteiger partial charge is 0.759 e. The van der Waals surface area contributed by atoms with E-state index in [0.717, 1.165) is 16.7 Å². The highest BCUT2D eigenvalue weighted by molar-refractivity contribution is 7.59. The number of nitrogens with zero attached hydrogens (tertiary/aromatic N) is 2. The molecule has 0 fully saturated rings. The summed E-state index contributed by atoms with van der Waals surface area (Å²) >= 11 is 5.09. The summed E-state index contributed by atoms with van der Waals surface area (Å²) in [6.07, 6.45) is 0. The first-order valence-electron chi connectivity index (χ1n) is 3.68. The number of aromatic nitrogens is 2. The van der Waals surface area contributed by atoms with E-state index in [4.69, 9.17) is 12.6 Å².